The SMILES string of the molecule is CNc1ncnc2c1ncn2[C@@H]1O[C@H](COP(=O)(O)OP(=O)(O)OP(O)(=S)SC[C@H]2O[C@@H]([n+]3cn(C)c4c(=O)[nH]c(N)nc43)C(O)[C@H]2OC)C(OP(=O)(O)OC[C@H]2O[C@@H](n3cnc4c(=O)[nH]c(N)nc43)[C@@H](O)C2O)[C@@H]1OC. The average Bonchev–Trinajstić information content (AvgIpc) is 4.21. The Labute approximate surface area is 438 Å². The van der Waals surface area contributed by atoms with E-state index in [0.29, 0.717) is 11.4 Å². The third kappa shape index (κ3) is 11.7. The fraction of sp³-hybridized carbons (Fsp3) is 0.559. The van der Waals surface area contributed by atoms with Gasteiger partial charge in [0.05, 0.1) is 32.9 Å². The van der Waals surface area contributed by atoms with Crippen LogP contribution >= 0.6 is 40.5 Å². The number of nitrogens with one attached hydrogen (secondary N) is 3. The number of nitrogens with two attached hydrogens (primary N) is 2. The number of fused-ring (bicyclic) bond motifs is 3. The lowest BCUT2D eigenvalue weighted by Crippen LogP contribution is -2.46. The zero-order chi connectivity index (χ0) is 55.7. The van der Waals surface area contributed by atoms with Gasteiger partial charge >= 0.3 is 29.1 Å². The zero-order valence-corrected chi connectivity index (χ0v) is 45.1. The number of methoxy groups -OCH3 is 2. The number of rotatable bonds is 21. The van der Waals surface area contributed by atoms with Gasteiger partial charge in [-0.15, -0.1) is 0 Å². The number of aromatic amines is 2. The lowest BCUT2D eigenvalue weighted by molar-refractivity contribution is -0.745. The van der Waals surface area contributed by atoms with Crippen LogP contribution in [0.5, 0.6) is 0 Å². The number of aryl methyl sites for hydroxylation is 1. The van der Waals surface area contributed by atoms with Crippen LogP contribution in [0.4, 0.5) is 17.7 Å². The van der Waals surface area contributed by atoms with Crippen molar-refractivity contribution in [2.45, 2.75) is 73.6 Å². The Hall–Kier alpha value is -4.34. The van der Waals surface area contributed by atoms with Gasteiger partial charge in [0.25, 0.3) is 22.8 Å². The van der Waals surface area contributed by atoms with Crippen molar-refractivity contribution in [2.24, 2.45) is 7.05 Å². The molecule has 0 radical (unpaired) electrons. The standard InChI is InChI=1S/C34H47N15O22P4S2/c1-37-24-15-25(39-8-38-24)47(9-40-15)32-23(63-4)22(69-72(55,56)64-5-12-18(50)19(51)30(66-12)48-10-41-16-26(48)42-33(35)44-28(16)53)13(67-32)6-65-73(57,58)70-74(59,60)71-75(61,76)77-7-14-21(62-3)20(52)31(68-14)49-11-46(2)17-27(49)43-34(36)45-29(17)54/h8-14,18-23,30-32,50-52H,5-7H2,1-4H3,(H10-,35,36,37,38,39,42,43,44,45,53,54,55,56,57,58,59,60,61,76)/p+1/t12-,13-,14-,18?,19+,20?,21+,22?,23+,30-,31-,32-,75?/m1/s1. The third-order valence-electron chi connectivity index (χ3n) is 12.0. The molecule has 14 N–H and O–H groups in total. The summed E-state index contributed by atoms with van der Waals surface area (Å²) in [6.07, 6.45) is -13.0. The van der Waals surface area contributed by atoms with Crippen molar-refractivity contribution in [3.63, 3.8) is 0 Å². The molecule has 6 aromatic rings. The van der Waals surface area contributed by atoms with Gasteiger partial charge in [0.2, 0.25) is 17.7 Å². The summed E-state index contributed by atoms with van der Waals surface area (Å²) in [5.41, 5.74) is 5.74. The molecule has 77 heavy (non-hydrogen) atoms. The molecule has 0 aromatic carbocycles. The smallest absolute Gasteiger partial charge is 0.387 e. The number of anilines is 3. The second-order valence-corrected chi connectivity index (χ2v) is 27.7. The Morgan fingerprint density at radius 2 is 1.40 bits per heavy atom. The van der Waals surface area contributed by atoms with Gasteiger partial charge < -0.3 is 75.4 Å². The maximum atomic E-state index is 13.8. The van der Waals surface area contributed by atoms with Gasteiger partial charge in [0.1, 0.15) is 66.8 Å². The van der Waals surface area contributed by atoms with E-state index in [-0.39, 0.29) is 57.0 Å². The second-order valence-electron chi connectivity index (χ2n) is 16.9. The number of aliphatic hydroxyl groups excluding tert-OH is 3. The molecule has 3 saturated heterocycles. The Balaban J connectivity index is 0.872. The van der Waals surface area contributed by atoms with Gasteiger partial charge in [-0.3, -0.25) is 46.8 Å². The number of nitrogen functional groups attached to an aromatic ring is 2. The number of phosphoric ester groups is 2. The monoisotopic (exact) mass is 1210 g/mol. The molecule has 9 heterocycles. The number of aliphatic hydroxyl groups is 3. The van der Waals surface area contributed by atoms with Crippen LogP contribution in [0, 0.1) is 0 Å². The second kappa shape index (κ2) is 22.0. The molecule has 9 rings (SSSR count). The van der Waals surface area contributed by atoms with Crippen molar-refractivity contribution >= 4 is 104 Å². The minimum absolute atomic E-state index is 0.0380. The van der Waals surface area contributed by atoms with Gasteiger partial charge in [-0.2, -0.15) is 9.29 Å². The summed E-state index contributed by atoms with van der Waals surface area (Å²) in [7, 11) is -11.6. The first-order valence-electron chi connectivity index (χ1n) is 22.0. The molecule has 7 unspecified atom stereocenters. The fourth-order valence-corrected chi connectivity index (χ4v) is 17.0. The molecule has 3 aliphatic heterocycles. The number of H-pyrrole nitrogens is 2. The quantitative estimate of drug-likeness (QED) is 0.0256. The van der Waals surface area contributed by atoms with Crippen LogP contribution in [0.3, 0.4) is 0 Å². The first-order chi connectivity index (χ1) is 36.2. The molecule has 422 valence electrons. The summed E-state index contributed by atoms with van der Waals surface area (Å²) in [4.78, 5) is 97.9. The predicted molar refractivity (Wildman–Crippen MR) is 262 cm³/mol. The molecule has 16 atom stereocenters. The molecule has 0 saturated carbocycles. The van der Waals surface area contributed by atoms with E-state index >= 15 is 0 Å². The highest BCUT2D eigenvalue weighted by Gasteiger charge is 2.54. The zero-order valence-electron chi connectivity index (χ0n) is 39.8. The molecule has 43 heteroatoms. The molecule has 0 spiro atoms. The van der Waals surface area contributed by atoms with Crippen molar-refractivity contribution in [1.82, 2.24) is 53.6 Å². The summed E-state index contributed by atoms with van der Waals surface area (Å²) < 4.78 is 99.6. The van der Waals surface area contributed by atoms with E-state index in [2.05, 4.69) is 49.5 Å². The van der Waals surface area contributed by atoms with E-state index in [0.717, 1.165) is 18.0 Å². The van der Waals surface area contributed by atoms with E-state index in [9.17, 15) is 58.2 Å². The van der Waals surface area contributed by atoms with Crippen LogP contribution < -0.4 is 32.5 Å². The lowest BCUT2D eigenvalue weighted by Gasteiger charge is -2.26. The predicted octanol–water partition coefficient (Wildman–Crippen LogP) is -2.76. The molecular formula is C34H48N15O22P4S2+. The summed E-state index contributed by atoms with van der Waals surface area (Å²) in [5, 5.41) is 35.9. The lowest BCUT2D eigenvalue weighted by atomic mass is 10.1. The topological polar surface area (TPSA) is 511 Å². The first kappa shape index (κ1) is 57.3. The number of ether oxygens (including phenoxy) is 5. The van der Waals surface area contributed by atoms with Gasteiger partial charge in [-0.05, 0) is 11.8 Å². The van der Waals surface area contributed by atoms with Crippen LogP contribution in [0.2, 0.25) is 0 Å². The highest BCUT2D eigenvalue weighted by Crippen LogP contribution is 2.72. The largest absolute Gasteiger partial charge is 0.487 e. The molecule has 0 amide bonds. The van der Waals surface area contributed by atoms with Gasteiger partial charge in [0, 0.05) is 27.0 Å². The highest BCUT2D eigenvalue weighted by atomic mass is 32.9. The van der Waals surface area contributed by atoms with Crippen molar-refractivity contribution in [1.29, 1.82) is 0 Å². The molecule has 6 aromatic heterocycles. The maximum Gasteiger partial charge on any atom is 0.487 e. The third-order valence-corrected chi connectivity index (χ3v) is 21.1. The number of aromatic nitrogens is 12. The van der Waals surface area contributed by atoms with E-state index in [1.165, 1.54) is 46.8 Å². The van der Waals surface area contributed by atoms with Crippen LogP contribution in [-0.4, -0.2) is 184 Å². The molecule has 0 aliphatic carbocycles. The fourth-order valence-electron chi connectivity index (χ4n) is 8.73. The minimum atomic E-state index is -5.86. The summed E-state index contributed by atoms with van der Waals surface area (Å²) in [5.74, 6) is -0.635. The molecular weight excluding hydrogens is 1160 g/mol. The molecule has 3 fully saturated rings. The van der Waals surface area contributed by atoms with Crippen LogP contribution in [-0.2, 0) is 78.4 Å². The van der Waals surface area contributed by atoms with Gasteiger partial charge in [-0.1, -0.05) is 16.4 Å². The average molecular weight is 1210 g/mol. The summed E-state index contributed by atoms with van der Waals surface area (Å²) >= 11 is 5.41. The number of hydrogen-bond acceptors (Lipinski definition) is 29. The molecule has 37 nitrogen and oxygen atoms in total. The molecule has 3 aliphatic rings. The molecule has 0 bridgehead atoms. The van der Waals surface area contributed by atoms with Crippen LogP contribution in [0.1, 0.15) is 18.7 Å². The summed E-state index contributed by atoms with van der Waals surface area (Å²) in [6, 6.07) is 0. The van der Waals surface area contributed by atoms with Gasteiger partial charge in [0.15, 0.2) is 41.4 Å². The highest BCUT2D eigenvalue weighted by molar-refractivity contribution is 8.68. The van der Waals surface area contributed by atoms with Crippen molar-refractivity contribution in [3.8, 4) is 0 Å². The Kier molecular flexibility index (Phi) is 16.4. The van der Waals surface area contributed by atoms with Crippen LogP contribution in [0.15, 0.2) is 34.9 Å². The Bertz CT molecular complexity index is 3520. The maximum absolute atomic E-state index is 13.8. The van der Waals surface area contributed by atoms with Crippen molar-refractivity contribution in [2.75, 3.05) is 57.0 Å². The minimum Gasteiger partial charge on any atom is -0.387 e. The van der Waals surface area contributed by atoms with E-state index in [1.54, 1.807) is 7.05 Å². The normalized spacial score (nSPS) is 30.0. The first-order valence-corrected chi connectivity index (χ1v) is 30.8. The van der Waals surface area contributed by atoms with Gasteiger partial charge in [-0.25, -0.2) is 42.5 Å². The van der Waals surface area contributed by atoms with E-state index in [1.807, 2.05) is 0 Å². The number of phosphoric acid groups is 3. The number of hydrogen-bond donors (Lipinski definition) is 12. The number of nitrogens with zero attached hydrogens (tertiary/aromatic N) is 10. The summed E-state index contributed by atoms with van der Waals surface area (Å²) in [6.45, 7) is -2.10. The number of imidazole rings is 3. The Morgan fingerprint density at radius 1 is 0.766 bits per heavy atom. The van der Waals surface area contributed by atoms with Crippen molar-refractivity contribution < 1.29 is 99.0 Å². The van der Waals surface area contributed by atoms with Crippen LogP contribution in [0.25, 0.3) is 33.5 Å². The Morgan fingerprint density at radius 3 is 2.10 bits per heavy atom. The van der Waals surface area contributed by atoms with E-state index < -0.39 is 127 Å². The van der Waals surface area contributed by atoms with Crippen molar-refractivity contribution in [3.05, 3.63) is 46.0 Å². The van der Waals surface area contributed by atoms with E-state index in [4.69, 9.17) is 64.8 Å².